The Morgan fingerprint density at radius 1 is 1.33 bits per heavy atom. The van der Waals surface area contributed by atoms with Crippen molar-refractivity contribution in [2.75, 3.05) is 18.5 Å². The van der Waals surface area contributed by atoms with Crippen LogP contribution in [0.15, 0.2) is 36.5 Å². The zero-order chi connectivity index (χ0) is 14.8. The molecule has 6 heteroatoms. The number of carbonyl (C=O) groups is 1. The van der Waals surface area contributed by atoms with E-state index in [2.05, 4.69) is 22.0 Å². The first-order valence-corrected chi connectivity index (χ1v) is 6.92. The lowest BCUT2D eigenvalue weighted by Gasteiger charge is -2.29. The molecule has 0 spiro atoms. The number of aromatic nitrogens is 2. The van der Waals surface area contributed by atoms with E-state index < -0.39 is 6.09 Å². The SMILES string of the molecule is CN(C(=O)O)c1ncc2n1CCN(Cc1ccccc1)C2. The third-order valence-corrected chi connectivity index (χ3v) is 3.78. The second-order valence-electron chi connectivity index (χ2n) is 5.24. The van der Waals surface area contributed by atoms with Gasteiger partial charge >= 0.3 is 6.09 Å². The van der Waals surface area contributed by atoms with Crippen molar-refractivity contribution in [3.8, 4) is 0 Å². The van der Waals surface area contributed by atoms with Gasteiger partial charge in [0.2, 0.25) is 5.95 Å². The molecule has 2 heterocycles. The Kier molecular flexibility index (Phi) is 3.62. The van der Waals surface area contributed by atoms with Gasteiger partial charge in [-0.3, -0.25) is 9.80 Å². The molecule has 0 saturated carbocycles. The van der Waals surface area contributed by atoms with Crippen molar-refractivity contribution < 1.29 is 9.90 Å². The highest BCUT2D eigenvalue weighted by Gasteiger charge is 2.23. The predicted octanol–water partition coefficient (Wildman–Crippen LogP) is 2.01. The molecule has 0 bridgehead atoms. The summed E-state index contributed by atoms with van der Waals surface area (Å²) in [4.78, 5) is 18.8. The molecule has 0 unspecified atom stereocenters. The van der Waals surface area contributed by atoms with Crippen molar-refractivity contribution in [2.24, 2.45) is 0 Å². The third-order valence-electron chi connectivity index (χ3n) is 3.78. The number of rotatable bonds is 3. The van der Waals surface area contributed by atoms with Crippen LogP contribution in [0.1, 0.15) is 11.3 Å². The van der Waals surface area contributed by atoms with Crippen LogP contribution >= 0.6 is 0 Å². The van der Waals surface area contributed by atoms with Gasteiger partial charge in [0.25, 0.3) is 0 Å². The first-order chi connectivity index (χ1) is 10.1. The number of imidazole rings is 1. The highest BCUT2D eigenvalue weighted by Crippen LogP contribution is 2.21. The third kappa shape index (κ3) is 2.75. The summed E-state index contributed by atoms with van der Waals surface area (Å²) >= 11 is 0. The van der Waals surface area contributed by atoms with Gasteiger partial charge in [-0.25, -0.2) is 9.78 Å². The molecule has 1 aromatic heterocycles. The van der Waals surface area contributed by atoms with Gasteiger partial charge in [-0.1, -0.05) is 30.3 Å². The van der Waals surface area contributed by atoms with Gasteiger partial charge in [-0.05, 0) is 5.56 Å². The molecule has 1 amide bonds. The lowest BCUT2D eigenvalue weighted by atomic mass is 10.2. The maximum atomic E-state index is 11.1. The van der Waals surface area contributed by atoms with Gasteiger partial charge in [0.05, 0.1) is 11.9 Å². The Hall–Kier alpha value is -2.34. The molecule has 21 heavy (non-hydrogen) atoms. The zero-order valence-electron chi connectivity index (χ0n) is 11.9. The molecule has 110 valence electrons. The fourth-order valence-corrected chi connectivity index (χ4v) is 2.65. The summed E-state index contributed by atoms with van der Waals surface area (Å²) in [5, 5.41) is 9.06. The first kappa shape index (κ1) is 13.6. The second-order valence-corrected chi connectivity index (χ2v) is 5.24. The van der Waals surface area contributed by atoms with Crippen LogP contribution in [0.2, 0.25) is 0 Å². The van der Waals surface area contributed by atoms with Crippen molar-refractivity contribution in [1.29, 1.82) is 0 Å². The Morgan fingerprint density at radius 2 is 2.10 bits per heavy atom. The van der Waals surface area contributed by atoms with Gasteiger partial charge in [0.1, 0.15) is 0 Å². The molecule has 1 aromatic carbocycles. The summed E-state index contributed by atoms with van der Waals surface area (Å²) in [6, 6.07) is 10.3. The maximum Gasteiger partial charge on any atom is 0.413 e. The zero-order valence-corrected chi connectivity index (χ0v) is 11.9. The van der Waals surface area contributed by atoms with Gasteiger partial charge in [0, 0.05) is 33.2 Å². The second kappa shape index (κ2) is 5.57. The highest BCUT2D eigenvalue weighted by atomic mass is 16.4. The summed E-state index contributed by atoms with van der Waals surface area (Å²) < 4.78 is 1.98. The maximum absolute atomic E-state index is 11.1. The fourth-order valence-electron chi connectivity index (χ4n) is 2.65. The minimum atomic E-state index is -0.991. The fraction of sp³-hybridized carbons (Fsp3) is 0.333. The van der Waals surface area contributed by atoms with E-state index in [1.807, 2.05) is 22.8 Å². The van der Waals surface area contributed by atoms with Crippen LogP contribution < -0.4 is 4.90 Å². The van der Waals surface area contributed by atoms with Crippen LogP contribution in [0.4, 0.5) is 10.7 Å². The monoisotopic (exact) mass is 286 g/mol. The van der Waals surface area contributed by atoms with Gasteiger partial charge in [-0.15, -0.1) is 0 Å². The summed E-state index contributed by atoms with van der Waals surface area (Å²) in [7, 11) is 1.52. The Balaban J connectivity index is 1.74. The Bertz CT molecular complexity index is 638. The number of benzene rings is 1. The molecule has 1 aliphatic rings. The van der Waals surface area contributed by atoms with E-state index in [-0.39, 0.29) is 0 Å². The lowest BCUT2D eigenvalue weighted by Crippen LogP contribution is -2.35. The predicted molar refractivity (Wildman–Crippen MR) is 79.2 cm³/mol. The van der Waals surface area contributed by atoms with Crippen LogP contribution in [0.25, 0.3) is 0 Å². The smallest absolute Gasteiger partial charge is 0.413 e. The van der Waals surface area contributed by atoms with Crippen LogP contribution in [0, 0.1) is 0 Å². The summed E-state index contributed by atoms with van der Waals surface area (Å²) in [5.41, 5.74) is 2.34. The minimum Gasteiger partial charge on any atom is -0.465 e. The highest BCUT2D eigenvalue weighted by molar-refractivity contribution is 5.83. The van der Waals surface area contributed by atoms with E-state index in [0.717, 1.165) is 36.8 Å². The van der Waals surface area contributed by atoms with E-state index in [9.17, 15) is 4.79 Å². The van der Waals surface area contributed by atoms with Crippen molar-refractivity contribution in [3.63, 3.8) is 0 Å². The quantitative estimate of drug-likeness (QED) is 0.937. The first-order valence-electron chi connectivity index (χ1n) is 6.92. The largest absolute Gasteiger partial charge is 0.465 e. The molecule has 0 radical (unpaired) electrons. The molecule has 0 aliphatic carbocycles. The summed E-state index contributed by atoms with van der Waals surface area (Å²) in [6.07, 6.45) is 0.779. The van der Waals surface area contributed by atoms with Crippen LogP contribution in [0.5, 0.6) is 0 Å². The molecular formula is C15H18N4O2. The average Bonchev–Trinajstić information content (AvgIpc) is 2.90. The molecule has 6 nitrogen and oxygen atoms in total. The lowest BCUT2D eigenvalue weighted by molar-refractivity contribution is 0.200. The number of hydrogen-bond acceptors (Lipinski definition) is 3. The minimum absolute atomic E-state index is 0.497. The molecule has 1 N–H and O–H groups in total. The Labute approximate surface area is 123 Å². The van der Waals surface area contributed by atoms with Crippen molar-refractivity contribution in [3.05, 3.63) is 47.8 Å². The topological polar surface area (TPSA) is 61.6 Å². The number of carboxylic acid groups (broad SMARTS) is 1. The molecule has 0 atom stereocenters. The van der Waals surface area contributed by atoms with Crippen LogP contribution in [-0.2, 0) is 19.6 Å². The number of amides is 1. The summed E-state index contributed by atoms with van der Waals surface area (Å²) in [6.45, 7) is 3.33. The van der Waals surface area contributed by atoms with Gasteiger partial charge in [0.15, 0.2) is 0 Å². The van der Waals surface area contributed by atoms with Gasteiger partial charge in [-0.2, -0.15) is 0 Å². The van der Waals surface area contributed by atoms with E-state index >= 15 is 0 Å². The standard InChI is InChI=1S/C15H18N4O2/c1-17(15(20)21)14-16-9-13-11-18(7-8-19(13)14)10-12-5-3-2-4-6-12/h2-6,9H,7-8,10-11H2,1H3,(H,20,21). The molecule has 0 saturated heterocycles. The van der Waals surface area contributed by atoms with E-state index in [1.165, 1.54) is 12.6 Å². The van der Waals surface area contributed by atoms with E-state index in [0.29, 0.717) is 5.95 Å². The van der Waals surface area contributed by atoms with E-state index in [4.69, 9.17) is 5.11 Å². The van der Waals surface area contributed by atoms with Gasteiger partial charge < -0.3 is 9.67 Å². The molecule has 3 rings (SSSR count). The normalized spacial score (nSPS) is 14.7. The van der Waals surface area contributed by atoms with Crippen LogP contribution in [-0.4, -0.2) is 39.2 Å². The number of nitrogens with zero attached hydrogens (tertiary/aromatic N) is 4. The number of hydrogen-bond donors (Lipinski definition) is 1. The van der Waals surface area contributed by atoms with Crippen molar-refractivity contribution in [2.45, 2.75) is 19.6 Å². The molecule has 2 aromatic rings. The number of anilines is 1. The number of fused-ring (bicyclic) bond motifs is 1. The van der Waals surface area contributed by atoms with E-state index in [1.54, 1.807) is 6.20 Å². The van der Waals surface area contributed by atoms with Crippen LogP contribution in [0.3, 0.4) is 0 Å². The molecule has 0 fully saturated rings. The molecule has 1 aliphatic heterocycles. The average molecular weight is 286 g/mol. The molecular weight excluding hydrogens is 268 g/mol. The Morgan fingerprint density at radius 3 is 2.81 bits per heavy atom. The van der Waals surface area contributed by atoms with Crippen molar-refractivity contribution >= 4 is 12.0 Å². The van der Waals surface area contributed by atoms with Crippen molar-refractivity contribution in [1.82, 2.24) is 14.5 Å². The summed E-state index contributed by atoms with van der Waals surface area (Å²) in [5.74, 6) is 0.497.